The van der Waals surface area contributed by atoms with Crippen molar-refractivity contribution < 1.29 is 9.84 Å². The van der Waals surface area contributed by atoms with Crippen molar-refractivity contribution in [1.29, 1.82) is 0 Å². The molecule has 0 aliphatic carbocycles. The molecule has 1 aromatic rings. The molecule has 0 heterocycles. The van der Waals surface area contributed by atoms with Crippen molar-refractivity contribution in [2.24, 2.45) is 0 Å². The number of nitrogens with one attached hydrogen (secondary N) is 1. The van der Waals surface area contributed by atoms with E-state index in [1.165, 1.54) is 5.56 Å². The normalized spacial score (nSPS) is 11.7. The molecule has 1 rings (SSSR count). The van der Waals surface area contributed by atoms with Crippen LogP contribution in [0.25, 0.3) is 0 Å². The second-order valence-corrected chi connectivity index (χ2v) is 5.28. The summed E-state index contributed by atoms with van der Waals surface area (Å²) in [6.45, 7) is 8.30. The number of ether oxygens (including phenoxy) is 1. The summed E-state index contributed by atoms with van der Waals surface area (Å²) in [7, 11) is 1.69. The van der Waals surface area contributed by atoms with Gasteiger partial charge in [0.25, 0.3) is 0 Å². The fourth-order valence-corrected chi connectivity index (χ4v) is 1.69. The average molecular weight is 237 g/mol. The number of aliphatic hydroxyl groups is 1. The van der Waals surface area contributed by atoms with Crippen molar-refractivity contribution in [2.45, 2.75) is 39.2 Å². The van der Waals surface area contributed by atoms with Gasteiger partial charge in [-0.15, -0.1) is 0 Å². The van der Waals surface area contributed by atoms with Crippen LogP contribution in [-0.4, -0.2) is 24.4 Å². The Morgan fingerprint density at radius 2 is 2.00 bits per heavy atom. The Bertz CT molecular complexity index is 372. The highest BCUT2D eigenvalue weighted by molar-refractivity contribution is 5.53. The van der Waals surface area contributed by atoms with Gasteiger partial charge in [0.05, 0.1) is 19.3 Å². The van der Waals surface area contributed by atoms with Crippen LogP contribution in [0.4, 0.5) is 5.69 Å². The number of hydrogen-bond acceptors (Lipinski definition) is 3. The Hall–Kier alpha value is -1.22. The van der Waals surface area contributed by atoms with Gasteiger partial charge in [-0.1, -0.05) is 13.8 Å². The van der Waals surface area contributed by atoms with Crippen molar-refractivity contribution in [3.8, 4) is 5.75 Å². The molecule has 0 aromatic heterocycles. The highest BCUT2D eigenvalue weighted by atomic mass is 16.5. The summed E-state index contributed by atoms with van der Waals surface area (Å²) in [5.41, 5.74) is 1.86. The van der Waals surface area contributed by atoms with E-state index in [-0.39, 0.29) is 12.1 Å². The maximum Gasteiger partial charge on any atom is 0.122 e. The smallest absolute Gasteiger partial charge is 0.122 e. The Balaban J connectivity index is 3.00. The second-order valence-electron chi connectivity index (χ2n) is 5.28. The van der Waals surface area contributed by atoms with Crippen LogP contribution in [0.1, 0.15) is 39.2 Å². The standard InChI is InChI=1S/C14H23NO2/c1-10(2)12-8-11(6-7-13(12)17-5)15-14(3,4)9-16/h6-8,10,15-16H,9H2,1-5H3. The first-order valence-corrected chi connectivity index (χ1v) is 5.96. The van der Waals surface area contributed by atoms with E-state index in [1.807, 2.05) is 26.0 Å². The molecular weight excluding hydrogens is 214 g/mol. The highest BCUT2D eigenvalue weighted by Crippen LogP contribution is 2.30. The minimum atomic E-state index is -0.317. The lowest BCUT2D eigenvalue weighted by molar-refractivity contribution is 0.234. The fourth-order valence-electron chi connectivity index (χ4n) is 1.69. The molecule has 0 radical (unpaired) electrons. The summed E-state index contributed by atoms with van der Waals surface area (Å²) in [5, 5.41) is 12.6. The molecule has 3 heteroatoms. The third-order valence-electron chi connectivity index (χ3n) is 2.73. The SMILES string of the molecule is COc1ccc(NC(C)(C)CO)cc1C(C)C. The van der Waals surface area contributed by atoms with Crippen LogP contribution in [0, 0.1) is 0 Å². The van der Waals surface area contributed by atoms with Gasteiger partial charge >= 0.3 is 0 Å². The van der Waals surface area contributed by atoms with E-state index >= 15 is 0 Å². The molecule has 96 valence electrons. The van der Waals surface area contributed by atoms with E-state index in [1.54, 1.807) is 7.11 Å². The van der Waals surface area contributed by atoms with E-state index in [9.17, 15) is 5.11 Å². The lowest BCUT2D eigenvalue weighted by atomic mass is 10.00. The summed E-state index contributed by atoms with van der Waals surface area (Å²) in [6.07, 6.45) is 0. The maximum absolute atomic E-state index is 9.25. The number of anilines is 1. The van der Waals surface area contributed by atoms with E-state index in [0.717, 1.165) is 11.4 Å². The molecular formula is C14H23NO2. The maximum atomic E-state index is 9.25. The molecule has 0 saturated heterocycles. The minimum absolute atomic E-state index is 0.0933. The van der Waals surface area contributed by atoms with Gasteiger partial charge in [-0.05, 0) is 43.5 Å². The fraction of sp³-hybridized carbons (Fsp3) is 0.571. The van der Waals surface area contributed by atoms with Gasteiger partial charge in [0, 0.05) is 5.69 Å². The molecule has 2 N–H and O–H groups in total. The predicted molar refractivity (Wildman–Crippen MR) is 71.9 cm³/mol. The van der Waals surface area contributed by atoms with Gasteiger partial charge < -0.3 is 15.2 Å². The van der Waals surface area contributed by atoms with Crippen molar-refractivity contribution in [2.75, 3.05) is 19.0 Å². The van der Waals surface area contributed by atoms with Gasteiger partial charge in [0.15, 0.2) is 0 Å². The van der Waals surface area contributed by atoms with Crippen LogP contribution < -0.4 is 10.1 Å². The lowest BCUT2D eigenvalue weighted by Gasteiger charge is -2.26. The van der Waals surface area contributed by atoms with Gasteiger partial charge in [-0.25, -0.2) is 0 Å². The van der Waals surface area contributed by atoms with Gasteiger partial charge in [0.2, 0.25) is 0 Å². The molecule has 17 heavy (non-hydrogen) atoms. The summed E-state index contributed by atoms with van der Waals surface area (Å²) < 4.78 is 5.34. The minimum Gasteiger partial charge on any atom is -0.496 e. The van der Waals surface area contributed by atoms with Gasteiger partial charge in [-0.2, -0.15) is 0 Å². The molecule has 0 aliphatic rings. The zero-order valence-electron chi connectivity index (χ0n) is 11.4. The molecule has 3 nitrogen and oxygen atoms in total. The quantitative estimate of drug-likeness (QED) is 0.827. The van der Waals surface area contributed by atoms with E-state index in [4.69, 9.17) is 4.74 Å². The van der Waals surface area contributed by atoms with Crippen LogP contribution in [0.5, 0.6) is 5.75 Å². The summed E-state index contributed by atoms with van der Waals surface area (Å²) in [4.78, 5) is 0. The average Bonchev–Trinajstić information content (AvgIpc) is 2.28. The first-order valence-electron chi connectivity index (χ1n) is 5.96. The van der Waals surface area contributed by atoms with E-state index in [2.05, 4.69) is 25.2 Å². The van der Waals surface area contributed by atoms with Crippen molar-refractivity contribution in [3.63, 3.8) is 0 Å². The predicted octanol–water partition coefficient (Wildman–Crippen LogP) is 3.00. The lowest BCUT2D eigenvalue weighted by Crippen LogP contribution is -2.34. The Labute approximate surface area is 104 Å². The third-order valence-corrected chi connectivity index (χ3v) is 2.73. The first kappa shape index (κ1) is 13.8. The Morgan fingerprint density at radius 3 is 2.47 bits per heavy atom. The van der Waals surface area contributed by atoms with Crippen molar-refractivity contribution >= 4 is 5.69 Å². The molecule has 0 unspecified atom stereocenters. The topological polar surface area (TPSA) is 41.5 Å². The molecule has 1 aromatic carbocycles. The van der Waals surface area contributed by atoms with Gasteiger partial charge in [0.1, 0.15) is 5.75 Å². The number of benzene rings is 1. The summed E-state index contributed by atoms with van der Waals surface area (Å²) in [6, 6.07) is 6.02. The molecule has 0 bridgehead atoms. The monoisotopic (exact) mass is 237 g/mol. The first-order chi connectivity index (χ1) is 7.89. The molecule has 0 spiro atoms. The summed E-state index contributed by atoms with van der Waals surface area (Å²) >= 11 is 0. The summed E-state index contributed by atoms with van der Waals surface area (Å²) in [5.74, 6) is 1.32. The molecule has 0 amide bonds. The number of aliphatic hydroxyl groups excluding tert-OH is 1. The second kappa shape index (κ2) is 5.41. The van der Waals surface area contributed by atoms with Gasteiger partial charge in [-0.3, -0.25) is 0 Å². The third kappa shape index (κ3) is 3.63. The van der Waals surface area contributed by atoms with Crippen LogP contribution in [0.3, 0.4) is 0 Å². The Kier molecular flexibility index (Phi) is 4.40. The molecule has 0 saturated carbocycles. The zero-order valence-corrected chi connectivity index (χ0v) is 11.4. The number of methoxy groups -OCH3 is 1. The van der Waals surface area contributed by atoms with Crippen LogP contribution >= 0.6 is 0 Å². The van der Waals surface area contributed by atoms with Crippen molar-refractivity contribution in [1.82, 2.24) is 0 Å². The van der Waals surface area contributed by atoms with E-state index < -0.39 is 0 Å². The molecule has 0 atom stereocenters. The Morgan fingerprint density at radius 1 is 1.35 bits per heavy atom. The number of hydrogen-bond donors (Lipinski definition) is 2. The largest absolute Gasteiger partial charge is 0.496 e. The van der Waals surface area contributed by atoms with Crippen LogP contribution in [0.15, 0.2) is 18.2 Å². The van der Waals surface area contributed by atoms with E-state index in [0.29, 0.717) is 5.92 Å². The van der Waals surface area contributed by atoms with Crippen LogP contribution in [-0.2, 0) is 0 Å². The molecule has 0 aliphatic heterocycles. The number of rotatable bonds is 5. The van der Waals surface area contributed by atoms with Crippen LogP contribution in [0.2, 0.25) is 0 Å². The van der Waals surface area contributed by atoms with Crippen molar-refractivity contribution in [3.05, 3.63) is 23.8 Å². The molecule has 0 fully saturated rings. The zero-order chi connectivity index (χ0) is 13.1. The highest BCUT2D eigenvalue weighted by Gasteiger charge is 2.17.